The highest BCUT2D eigenvalue weighted by molar-refractivity contribution is 6.06. The SMILES string of the molecule is CN(C(=O)CCC1CCCC1)c1ccccc1/C(N)=N/O. The number of amidine groups is 1. The van der Waals surface area contributed by atoms with E-state index in [0.717, 1.165) is 6.42 Å². The minimum absolute atomic E-state index is 0.0149. The number of carbonyl (C=O) groups excluding carboxylic acids is 1. The van der Waals surface area contributed by atoms with Gasteiger partial charge in [-0.1, -0.05) is 43.0 Å². The Kier molecular flexibility index (Phi) is 5.20. The third kappa shape index (κ3) is 3.74. The smallest absolute Gasteiger partial charge is 0.226 e. The molecule has 21 heavy (non-hydrogen) atoms. The molecule has 0 aromatic heterocycles. The fourth-order valence-corrected chi connectivity index (χ4v) is 2.97. The van der Waals surface area contributed by atoms with Crippen LogP contribution in [0.2, 0.25) is 0 Å². The minimum atomic E-state index is 0.0149. The number of amides is 1. The van der Waals surface area contributed by atoms with Gasteiger partial charge in [-0.25, -0.2) is 0 Å². The van der Waals surface area contributed by atoms with Crippen LogP contribution in [-0.2, 0) is 4.79 Å². The summed E-state index contributed by atoms with van der Waals surface area (Å²) < 4.78 is 0. The van der Waals surface area contributed by atoms with Gasteiger partial charge in [0.15, 0.2) is 5.84 Å². The lowest BCUT2D eigenvalue weighted by molar-refractivity contribution is -0.118. The highest BCUT2D eigenvalue weighted by Crippen LogP contribution is 2.29. The zero-order valence-electron chi connectivity index (χ0n) is 12.5. The second-order valence-electron chi connectivity index (χ2n) is 5.64. The predicted molar refractivity (Wildman–Crippen MR) is 83.6 cm³/mol. The van der Waals surface area contributed by atoms with Crippen molar-refractivity contribution in [1.82, 2.24) is 0 Å². The second-order valence-corrected chi connectivity index (χ2v) is 5.64. The first-order valence-electron chi connectivity index (χ1n) is 7.47. The summed E-state index contributed by atoms with van der Waals surface area (Å²) in [6.07, 6.45) is 6.58. The van der Waals surface area contributed by atoms with Gasteiger partial charge >= 0.3 is 0 Å². The Labute approximate surface area is 125 Å². The third-order valence-electron chi connectivity index (χ3n) is 4.26. The molecule has 2 rings (SSSR count). The lowest BCUT2D eigenvalue weighted by Crippen LogP contribution is -2.29. The van der Waals surface area contributed by atoms with E-state index >= 15 is 0 Å². The lowest BCUT2D eigenvalue weighted by atomic mass is 10.0. The Morgan fingerprint density at radius 1 is 1.38 bits per heavy atom. The molecule has 1 aliphatic rings. The molecule has 1 aromatic carbocycles. The number of carbonyl (C=O) groups is 1. The highest BCUT2D eigenvalue weighted by Gasteiger charge is 2.20. The van der Waals surface area contributed by atoms with E-state index in [2.05, 4.69) is 5.16 Å². The molecule has 1 aliphatic carbocycles. The van der Waals surface area contributed by atoms with Gasteiger partial charge in [-0.3, -0.25) is 4.79 Å². The summed E-state index contributed by atoms with van der Waals surface area (Å²) in [4.78, 5) is 13.9. The number of rotatable bonds is 5. The Balaban J connectivity index is 2.04. The molecule has 1 fully saturated rings. The van der Waals surface area contributed by atoms with Crippen LogP contribution in [0, 0.1) is 5.92 Å². The van der Waals surface area contributed by atoms with Gasteiger partial charge in [0.05, 0.1) is 5.69 Å². The van der Waals surface area contributed by atoms with E-state index in [1.807, 2.05) is 6.07 Å². The van der Waals surface area contributed by atoms with E-state index in [-0.39, 0.29) is 11.7 Å². The van der Waals surface area contributed by atoms with Crippen LogP contribution in [0.25, 0.3) is 0 Å². The van der Waals surface area contributed by atoms with Crippen molar-refractivity contribution in [2.75, 3.05) is 11.9 Å². The molecule has 0 saturated heterocycles. The van der Waals surface area contributed by atoms with Gasteiger partial charge in [-0.05, 0) is 24.5 Å². The molecule has 5 heteroatoms. The first kappa shape index (κ1) is 15.4. The monoisotopic (exact) mass is 289 g/mol. The lowest BCUT2D eigenvalue weighted by Gasteiger charge is -2.21. The molecule has 0 atom stereocenters. The number of para-hydroxylation sites is 1. The summed E-state index contributed by atoms with van der Waals surface area (Å²) in [6.45, 7) is 0. The molecule has 0 bridgehead atoms. The fraction of sp³-hybridized carbons (Fsp3) is 0.500. The van der Waals surface area contributed by atoms with Crippen LogP contribution in [0.5, 0.6) is 0 Å². The van der Waals surface area contributed by atoms with Gasteiger partial charge < -0.3 is 15.8 Å². The second kappa shape index (κ2) is 7.11. The van der Waals surface area contributed by atoms with Crippen molar-refractivity contribution in [2.24, 2.45) is 16.8 Å². The average Bonchev–Trinajstić information content (AvgIpc) is 3.04. The van der Waals surface area contributed by atoms with Crippen LogP contribution in [-0.4, -0.2) is 24.0 Å². The number of oxime groups is 1. The van der Waals surface area contributed by atoms with Crippen LogP contribution < -0.4 is 10.6 Å². The maximum atomic E-state index is 12.3. The number of anilines is 1. The van der Waals surface area contributed by atoms with Gasteiger partial charge in [0.1, 0.15) is 0 Å². The van der Waals surface area contributed by atoms with Crippen LogP contribution in [0.15, 0.2) is 29.4 Å². The molecule has 0 aliphatic heterocycles. The van der Waals surface area contributed by atoms with Gasteiger partial charge in [-0.2, -0.15) is 0 Å². The maximum Gasteiger partial charge on any atom is 0.226 e. The van der Waals surface area contributed by atoms with Gasteiger partial charge in [0.25, 0.3) is 0 Å². The quantitative estimate of drug-likeness (QED) is 0.378. The van der Waals surface area contributed by atoms with Crippen LogP contribution >= 0.6 is 0 Å². The van der Waals surface area contributed by atoms with E-state index in [9.17, 15) is 4.79 Å². The van der Waals surface area contributed by atoms with Crippen molar-refractivity contribution in [2.45, 2.75) is 38.5 Å². The van der Waals surface area contributed by atoms with E-state index < -0.39 is 0 Å². The first-order valence-corrected chi connectivity index (χ1v) is 7.47. The van der Waals surface area contributed by atoms with Crippen LogP contribution in [0.1, 0.15) is 44.1 Å². The van der Waals surface area contributed by atoms with E-state index in [0.29, 0.717) is 23.6 Å². The number of nitrogens with zero attached hydrogens (tertiary/aromatic N) is 2. The van der Waals surface area contributed by atoms with Crippen molar-refractivity contribution in [1.29, 1.82) is 0 Å². The molecule has 1 aromatic rings. The minimum Gasteiger partial charge on any atom is -0.409 e. The first-order chi connectivity index (χ1) is 10.1. The molecular formula is C16H23N3O2. The molecule has 0 heterocycles. The zero-order chi connectivity index (χ0) is 15.2. The summed E-state index contributed by atoms with van der Waals surface area (Å²) >= 11 is 0. The molecule has 1 amide bonds. The predicted octanol–water partition coefficient (Wildman–Crippen LogP) is 2.71. The Bertz CT molecular complexity index is 522. The van der Waals surface area contributed by atoms with Gasteiger partial charge in [0.2, 0.25) is 5.91 Å². The van der Waals surface area contributed by atoms with Gasteiger partial charge in [0, 0.05) is 19.0 Å². The maximum absolute atomic E-state index is 12.3. The van der Waals surface area contributed by atoms with E-state index in [1.54, 1.807) is 30.1 Å². The molecule has 0 radical (unpaired) electrons. The topological polar surface area (TPSA) is 78.9 Å². The summed E-state index contributed by atoms with van der Waals surface area (Å²) in [5.41, 5.74) is 6.91. The Morgan fingerprint density at radius 2 is 2.05 bits per heavy atom. The fourth-order valence-electron chi connectivity index (χ4n) is 2.97. The van der Waals surface area contributed by atoms with Crippen molar-refractivity contribution in [3.8, 4) is 0 Å². The number of hydrogen-bond acceptors (Lipinski definition) is 3. The highest BCUT2D eigenvalue weighted by atomic mass is 16.4. The molecule has 1 saturated carbocycles. The summed E-state index contributed by atoms with van der Waals surface area (Å²) in [7, 11) is 1.74. The normalized spacial score (nSPS) is 16.1. The number of nitrogens with two attached hydrogens (primary N) is 1. The van der Waals surface area contributed by atoms with Gasteiger partial charge in [-0.15, -0.1) is 0 Å². The molecule has 3 N–H and O–H groups in total. The standard InChI is InChI=1S/C16H23N3O2/c1-19(15(20)11-10-12-6-2-3-7-12)14-9-5-4-8-13(14)16(17)18-21/h4-5,8-9,12,21H,2-3,6-7,10-11H2,1H3,(H2,17,18). The van der Waals surface area contributed by atoms with E-state index in [4.69, 9.17) is 10.9 Å². The Morgan fingerprint density at radius 3 is 2.71 bits per heavy atom. The molecule has 0 unspecified atom stereocenters. The third-order valence-corrected chi connectivity index (χ3v) is 4.26. The van der Waals surface area contributed by atoms with Crippen molar-refractivity contribution in [3.63, 3.8) is 0 Å². The Hall–Kier alpha value is -2.04. The van der Waals surface area contributed by atoms with Crippen LogP contribution in [0.4, 0.5) is 5.69 Å². The summed E-state index contributed by atoms with van der Waals surface area (Å²) in [5.74, 6) is 0.780. The largest absolute Gasteiger partial charge is 0.409 e. The zero-order valence-corrected chi connectivity index (χ0v) is 12.5. The molecule has 5 nitrogen and oxygen atoms in total. The molecular weight excluding hydrogens is 266 g/mol. The van der Waals surface area contributed by atoms with Crippen molar-refractivity contribution >= 4 is 17.4 Å². The number of benzene rings is 1. The van der Waals surface area contributed by atoms with Crippen molar-refractivity contribution < 1.29 is 10.0 Å². The molecule has 114 valence electrons. The summed E-state index contributed by atoms with van der Waals surface area (Å²) in [6, 6.07) is 7.18. The number of hydrogen-bond donors (Lipinski definition) is 2. The van der Waals surface area contributed by atoms with E-state index in [1.165, 1.54) is 25.7 Å². The summed E-state index contributed by atoms with van der Waals surface area (Å²) in [5, 5.41) is 11.9. The van der Waals surface area contributed by atoms with Crippen LogP contribution in [0.3, 0.4) is 0 Å². The van der Waals surface area contributed by atoms with Crippen molar-refractivity contribution in [3.05, 3.63) is 29.8 Å². The molecule has 0 spiro atoms. The average molecular weight is 289 g/mol.